The standard InChI is InChI=1S/C15H19FN4S/c1-19(15-17-5-3-6-18-15)10-13-8-12(16)9-20(13)11-14-4-2-7-21-14/h2-7,12-13H,8-11H2,1H3/t12-,13-/m0/s1. The van der Waals surface area contributed by atoms with Gasteiger partial charge >= 0.3 is 0 Å². The Morgan fingerprint density at radius 2 is 2.19 bits per heavy atom. The monoisotopic (exact) mass is 306 g/mol. The van der Waals surface area contributed by atoms with E-state index in [1.807, 2.05) is 18.0 Å². The topological polar surface area (TPSA) is 32.3 Å². The summed E-state index contributed by atoms with van der Waals surface area (Å²) in [5, 5.41) is 2.07. The van der Waals surface area contributed by atoms with Crippen molar-refractivity contribution >= 4 is 17.3 Å². The molecule has 2 aromatic rings. The second-order valence-electron chi connectivity index (χ2n) is 5.42. The van der Waals surface area contributed by atoms with Crippen LogP contribution >= 0.6 is 11.3 Å². The molecule has 1 aliphatic heterocycles. The van der Waals surface area contributed by atoms with Gasteiger partial charge in [0.15, 0.2) is 0 Å². The zero-order valence-electron chi connectivity index (χ0n) is 12.0. The third-order valence-corrected chi connectivity index (χ3v) is 4.66. The van der Waals surface area contributed by atoms with Crippen molar-refractivity contribution in [2.24, 2.45) is 0 Å². The lowest BCUT2D eigenvalue weighted by Gasteiger charge is -2.28. The lowest BCUT2D eigenvalue weighted by Crippen LogP contribution is -2.39. The van der Waals surface area contributed by atoms with Crippen LogP contribution in [0.1, 0.15) is 11.3 Å². The van der Waals surface area contributed by atoms with Crippen LogP contribution in [-0.4, -0.2) is 47.2 Å². The summed E-state index contributed by atoms with van der Waals surface area (Å²) in [5.41, 5.74) is 0. The number of aromatic nitrogens is 2. The second kappa shape index (κ2) is 6.49. The fourth-order valence-electron chi connectivity index (χ4n) is 2.79. The molecule has 0 amide bonds. The molecule has 21 heavy (non-hydrogen) atoms. The van der Waals surface area contributed by atoms with Gasteiger partial charge in [-0.1, -0.05) is 6.07 Å². The van der Waals surface area contributed by atoms with Crippen molar-refractivity contribution in [3.8, 4) is 0 Å². The molecule has 112 valence electrons. The van der Waals surface area contributed by atoms with Crippen molar-refractivity contribution in [2.75, 3.05) is 25.0 Å². The highest BCUT2D eigenvalue weighted by Crippen LogP contribution is 2.25. The minimum absolute atomic E-state index is 0.205. The highest BCUT2D eigenvalue weighted by atomic mass is 32.1. The Morgan fingerprint density at radius 3 is 2.90 bits per heavy atom. The van der Waals surface area contributed by atoms with Crippen LogP contribution in [0.15, 0.2) is 36.0 Å². The summed E-state index contributed by atoms with van der Waals surface area (Å²) < 4.78 is 13.8. The normalized spacial score (nSPS) is 22.6. The number of anilines is 1. The van der Waals surface area contributed by atoms with Crippen LogP contribution in [0.25, 0.3) is 0 Å². The molecule has 3 rings (SSSR count). The van der Waals surface area contributed by atoms with Crippen LogP contribution < -0.4 is 4.90 Å². The van der Waals surface area contributed by atoms with E-state index in [0.717, 1.165) is 13.1 Å². The quantitative estimate of drug-likeness (QED) is 0.850. The van der Waals surface area contributed by atoms with Gasteiger partial charge in [-0.2, -0.15) is 0 Å². The smallest absolute Gasteiger partial charge is 0.225 e. The molecule has 0 N–H and O–H groups in total. The third kappa shape index (κ3) is 3.57. The minimum atomic E-state index is -0.736. The maximum absolute atomic E-state index is 13.8. The molecule has 0 aromatic carbocycles. The molecular formula is C15H19FN4S. The Balaban J connectivity index is 1.65. The van der Waals surface area contributed by atoms with Crippen LogP contribution in [-0.2, 0) is 6.54 Å². The molecule has 2 aromatic heterocycles. The number of rotatable bonds is 5. The Morgan fingerprint density at radius 1 is 1.38 bits per heavy atom. The average molecular weight is 306 g/mol. The van der Waals surface area contributed by atoms with Crippen molar-refractivity contribution in [1.29, 1.82) is 0 Å². The molecular weight excluding hydrogens is 287 g/mol. The number of likely N-dealkylation sites (N-methyl/N-ethyl adjacent to an activating group) is 1. The van der Waals surface area contributed by atoms with Gasteiger partial charge in [-0.25, -0.2) is 14.4 Å². The van der Waals surface area contributed by atoms with Gasteiger partial charge in [0.2, 0.25) is 5.95 Å². The summed E-state index contributed by atoms with van der Waals surface area (Å²) in [6.45, 7) is 2.09. The largest absolute Gasteiger partial charge is 0.342 e. The van der Waals surface area contributed by atoms with Gasteiger partial charge in [-0.05, 0) is 23.9 Å². The number of halogens is 1. The molecule has 0 bridgehead atoms. The van der Waals surface area contributed by atoms with Crippen LogP contribution in [0.4, 0.5) is 10.3 Å². The molecule has 1 fully saturated rings. The SMILES string of the molecule is CN(C[C@@H]1C[C@H](F)CN1Cc1cccs1)c1ncccn1. The predicted molar refractivity (Wildman–Crippen MR) is 83.3 cm³/mol. The Labute approximate surface area is 128 Å². The molecule has 0 radical (unpaired) electrons. The molecule has 3 heterocycles. The maximum Gasteiger partial charge on any atom is 0.225 e. The summed E-state index contributed by atoms with van der Waals surface area (Å²) in [5.74, 6) is 0.691. The Hall–Kier alpha value is -1.53. The van der Waals surface area contributed by atoms with Crippen molar-refractivity contribution in [3.63, 3.8) is 0 Å². The van der Waals surface area contributed by atoms with Gasteiger partial charge in [0.1, 0.15) is 6.17 Å². The van der Waals surface area contributed by atoms with Crippen molar-refractivity contribution in [1.82, 2.24) is 14.9 Å². The van der Waals surface area contributed by atoms with Gasteiger partial charge in [0.25, 0.3) is 0 Å². The molecule has 0 unspecified atom stereocenters. The van der Waals surface area contributed by atoms with E-state index < -0.39 is 6.17 Å². The van der Waals surface area contributed by atoms with Crippen molar-refractivity contribution in [2.45, 2.75) is 25.2 Å². The Kier molecular flexibility index (Phi) is 4.45. The van der Waals surface area contributed by atoms with Crippen LogP contribution in [0.2, 0.25) is 0 Å². The highest BCUT2D eigenvalue weighted by Gasteiger charge is 2.33. The zero-order chi connectivity index (χ0) is 14.7. The number of hydrogen-bond acceptors (Lipinski definition) is 5. The lowest BCUT2D eigenvalue weighted by atomic mass is 10.2. The number of likely N-dealkylation sites (tertiary alicyclic amines) is 1. The molecule has 0 saturated carbocycles. The van der Waals surface area contributed by atoms with E-state index in [-0.39, 0.29) is 6.04 Å². The second-order valence-corrected chi connectivity index (χ2v) is 6.46. The predicted octanol–water partition coefficient (Wildman–Crippen LogP) is 2.59. The third-order valence-electron chi connectivity index (χ3n) is 3.79. The molecule has 2 atom stereocenters. The van der Waals surface area contributed by atoms with Crippen molar-refractivity contribution < 1.29 is 4.39 Å². The summed E-state index contributed by atoms with van der Waals surface area (Å²) in [7, 11) is 1.96. The van der Waals surface area contributed by atoms with E-state index in [1.54, 1.807) is 29.8 Å². The van der Waals surface area contributed by atoms with Gasteiger partial charge in [-0.15, -0.1) is 11.3 Å². The van der Waals surface area contributed by atoms with Crippen molar-refractivity contribution in [3.05, 3.63) is 40.8 Å². The summed E-state index contributed by atoms with van der Waals surface area (Å²) >= 11 is 1.73. The molecule has 4 nitrogen and oxygen atoms in total. The number of hydrogen-bond donors (Lipinski definition) is 0. The van der Waals surface area contributed by atoms with E-state index in [9.17, 15) is 4.39 Å². The maximum atomic E-state index is 13.8. The first-order valence-electron chi connectivity index (χ1n) is 7.11. The first kappa shape index (κ1) is 14.4. The molecule has 1 aliphatic rings. The minimum Gasteiger partial charge on any atom is -0.342 e. The fraction of sp³-hybridized carbons (Fsp3) is 0.467. The fourth-order valence-corrected chi connectivity index (χ4v) is 3.52. The Bertz CT molecular complexity index is 548. The van der Waals surface area contributed by atoms with E-state index in [0.29, 0.717) is 18.9 Å². The van der Waals surface area contributed by atoms with Crippen LogP contribution in [0, 0.1) is 0 Å². The van der Waals surface area contributed by atoms with Gasteiger partial charge in [0.05, 0.1) is 0 Å². The molecule has 1 saturated heterocycles. The highest BCUT2D eigenvalue weighted by molar-refractivity contribution is 7.09. The zero-order valence-corrected chi connectivity index (χ0v) is 12.8. The van der Waals surface area contributed by atoms with Crippen LogP contribution in [0.5, 0.6) is 0 Å². The van der Waals surface area contributed by atoms with E-state index in [1.165, 1.54) is 4.88 Å². The van der Waals surface area contributed by atoms with Gasteiger partial charge in [-0.3, -0.25) is 4.90 Å². The lowest BCUT2D eigenvalue weighted by molar-refractivity contribution is 0.239. The number of thiophene rings is 1. The van der Waals surface area contributed by atoms with Gasteiger partial charge in [0, 0.05) is 50.0 Å². The summed E-state index contributed by atoms with van der Waals surface area (Å²) in [6, 6.07) is 6.16. The average Bonchev–Trinajstić information content (AvgIpc) is 3.11. The van der Waals surface area contributed by atoms with E-state index in [4.69, 9.17) is 0 Å². The van der Waals surface area contributed by atoms with Gasteiger partial charge < -0.3 is 4.90 Å². The molecule has 0 spiro atoms. The number of nitrogens with zero attached hydrogens (tertiary/aromatic N) is 4. The molecule has 6 heteroatoms. The number of alkyl halides is 1. The molecule has 0 aliphatic carbocycles. The first-order chi connectivity index (χ1) is 10.2. The van der Waals surface area contributed by atoms with Crippen LogP contribution in [0.3, 0.4) is 0 Å². The summed E-state index contributed by atoms with van der Waals surface area (Å²) in [4.78, 5) is 14.0. The first-order valence-corrected chi connectivity index (χ1v) is 7.99. The van der Waals surface area contributed by atoms with E-state index >= 15 is 0 Å². The van der Waals surface area contributed by atoms with E-state index in [2.05, 4.69) is 26.3 Å². The summed E-state index contributed by atoms with van der Waals surface area (Å²) in [6.07, 6.45) is 3.31.